The predicted octanol–water partition coefficient (Wildman–Crippen LogP) is 2.62. The number of rotatable bonds is 12. The SMILES string of the molecule is O=C(O)CCCCSCCCC(C(=O)O)(c1ccccc1)S(=O)(=O)O. The van der Waals surface area contributed by atoms with Gasteiger partial charge in [0.1, 0.15) is 0 Å². The molecule has 0 saturated heterocycles. The highest BCUT2D eigenvalue weighted by atomic mass is 32.2. The number of hydrogen-bond acceptors (Lipinski definition) is 5. The van der Waals surface area contributed by atoms with E-state index in [1.807, 2.05) is 0 Å². The van der Waals surface area contributed by atoms with Gasteiger partial charge in [-0.1, -0.05) is 30.3 Å². The van der Waals surface area contributed by atoms with E-state index in [0.717, 1.165) is 6.42 Å². The minimum Gasteiger partial charge on any atom is -0.481 e. The highest BCUT2D eigenvalue weighted by molar-refractivity contribution is 7.99. The number of thioether (sulfide) groups is 1. The van der Waals surface area contributed by atoms with E-state index in [-0.39, 0.29) is 24.8 Å². The van der Waals surface area contributed by atoms with Crippen LogP contribution < -0.4 is 0 Å². The summed E-state index contributed by atoms with van der Waals surface area (Å²) in [5.74, 6) is -1.21. The van der Waals surface area contributed by atoms with E-state index in [0.29, 0.717) is 17.9 Å². The van der Waals surface area contributed by atoms with Gasteiger partial charge in [0.2, 0.25) is 4.75 Å². The molecule has 9 heteroatoms. The highest BCUT2D eigenvalue weighted by Crippen LogP contribution is 2.35. The fourth-order valence-electron chi connectivity index (χ4n) is 2.48. The van der Waals surface area contributed by atoms with Gasteiger partial charge in [-0.25, -0.2) is 0 Å². The first-order valence-corrected chi connectivity index (χ1v) is 10.4. The first-order valence-electron chi connectivity index (χ1n) is 7.77. The molecule has 140 valence electrons. The number of carboxylic acids is 2. The maximum atomic E-state index is 11.9. The third kappa shape index (κ3) is 6.02. The Balaban J connectivity index is 2.68. The lowest BCUT2D eigenvalue weighted by Gasteiger charge is -2.26. The van der Waals surface area contributed by atoms with Crippen molar-refractivity contribution in [3.8, 4) is 0 Å². The topological polar surface area (TPSA) is 129 Å². The Labute approximate surface area is 151 Å². The van der Waals surface area contributed by atoms with Crippen molar-refractivity contribution in [3.63, 3.8) is 0 Å². The van der Waals surface area contributed by atoms with Gasteiger partial charge in [-0.2, -0.15) is 20.2 Å². The molecule has 1 atom stereocenters. The fraction of sp³-hybridized carbons (Fsp3) is 0.500. The Kier molecular flexibility index (Phi) is 8.40. The van der Waals surface area contributed by atoms with Crippen LogP contribution >= 0.6 is 11.8 Å². The molecule has 0 aliphatic heterocycles. The lowest BCUT2D eigenvalue weighted by molar-refractivity contribution is -0.141. The van der Waals surface area contributed by atoms with Crippen molar-refractivity contribution in [2.45, 2.75) is 36.9 Å². The van der Waals surface area contributed by atoms with E-state index in [1.165, 1.54) is 36.0 Å². The fourth-order valence-corrected chi connectivity index (χ4v) is 4.49. The van der Waals surface area contributed by atoms with E-state index in [4.69, 9.17) is 5.11 Å². The maximum absolute atomic E-state index is 11.9. The summed E-state index contributed by atoms with van der Waals surface area (Å²) in [6.45, 7) is 0. The van der Waals surface area contributed by atoms with Crippen molar-refractivity contribution >= 4 is 33.8 Å². The van der Waals surface area contributed by atoms with Gasteiger partial charge in [0.05, 0.1) is 0 Å². The first-order chi connectivity index (χ1) is 11.7. The quantitative estimate of drug-likeness (QED) is 0.367. The standard InChI is InChI=1S/C16H22O7S2/c17-14(18)9-4-5-11-24-12-6-10-16(15(19)20,25(21,22)23)13-7-2-1-3-8-13/h1-3,7-8H,4-6,9-12H2,(H,17,18)(H,19,20)(H,21,22,23). The molecule has 0 saturated carbocycles. The van der Waals surface area contributed by atoms with Crippen molar-refractivity contribution in [1.82, 2.24) is 0 Å². The Morgan fingerprint density at radius 3 is 2.12 bits per heavy atom. The summed E-state index contributed by atoms with van der Waals surface area (Å²) in [6, 6.07) is 7.43. The van der Waals surface area contributed by atoms with Gasteiger partial charge in [0.15, 0.2) is 0 Å². The molecule has 25 heavy (non-hydrogen) atoms. The summed E-state index contributed by atoms with van der Waals surface area (Å²) in [5.41, 5.74) is 0.0245. The van der Waals surface area contributed by atoms with E-state index in [9.17, 15) is 27.7 Å². The molecule has 0 amide bonds. The van der Waals surface area contributed by atoms with Gasteiger partial charge in [-0.3, -0.25) is 14.1 Å². The summed E-state index contributed by atoms with van der Waals surface area (Å²) >= 11 is 1.50. The lowest BCUT2D eigenvalue weighted by atomic mass is 9.93. The molecule has 0 heterocycles. The molecule has 0 spiro atoms. The number of aliphatic carboxylic acids is 2. The van der Waals surface area contributed by atoms with Gasteiger partial charge in [-0.05, 0) is 42.8 Å². The molecule has 1 aromatic carbocycles. The van der Waals surface area contributed by atoms with Crippen molar-refractivity contribution < 1.29 is 32.8 Å². The molecule has 3 N–H and O–H groups in total. The largest absolute Gasteiger partial charge is 0.481 e. The van der Waals surface area contributed by atoms with Crippen LogP contribution in [0.1, 0.15) is 37.7 Å². The normalized spacial score (nSPS) is 14.0. The Hall–Kier alpha value is -1.58. The number of carboxylic acid groups (broad SMARTS) is 2. The molecule has 0 aliphatic rings. The Morgan fingerprint density at radius 1 is 1.00 bits per heavy atom. The molecular weight excluding hydrogens is 368 g/mol. The first kappa shape index (κ1) is 21.5. The third-order valence-corrected chi connectivity index (χ3v) is 6.42. The van der Waals surface area contributed by atoms with Crippen molar-refractivity contribution in [2.24, 2.45) is 0 Å². The smallest absolute Gasteiger partial charge is 0.332 e. The number of unbranched alkanes of at least 4 members (excludes halogenated alkanes) is 1. The van der Waals surface area contributed by atoms with Crippen molar-refractivity contribution in [3.05, 3.63) is 35.9 Å². The Morgan fingerprint density at radius 2 is 1.60 bits per heavy atom. The number of benzene rings is 1. The van der Waals surface area contributed by atoms with Crippen molar-refractivity contribution in [2.75, 3.05) is 11.5 Å². The van der Waals surface area contributed by atoms with Gasteiger partial charge in [0, 0.05) is 6.42 Å². The van der Waals surface area contributed by atoms with E-state index < -0.39 is 26.8 Å². The zero-order valence-corrected chi connectivity index (χ0v) is 15.3. The number of hydrogen-bond donors (Lipinski definition) is 3. The van der Waals surface area contributed by atoms with E-state index >= 15 is 0 Å². The molecule has 0 aliphatic carbocycles. The minimum absolute atomic E-state index is 0.0245. The lowest BCUT2D eigenvalue weighted by Crippen LogP contribution is -2.43. The average Bonchev–Trinajstić information content (AvgIpc) is 2.52. The Bertz CT molecular complexity index is 673. The molecule has 0 bridgehead atoms. The van der Waals surface area contributed by atoms with Crippen LogP contribution in [0.4, 0.5) is 0 Å². The molecule has 1 rings (SSSR count). The minimum atomic E-state index is -4.86. The molecule has 0 fully saturated rings. The van der Waals surface area contributed by atoms with Gasteiger partial charge >= 0.3 is 11.9 Å². The summed E-state index contributed by atoms with van der Waals surface area (Å²) in [7, 11) is -4.86. The highest BCUT2D eigenvalue weighted by Gasteiger charge is 2.51. The second-order valence-electron chi connectivity index (χ2n) is 5.54. The maximum Gasteiger partial charge on any atom is 0.332 e. The molecule has 1 aromatic rings. The molecule has 1 unspecified atom stereocenters. The van der Waals surface area contributed by atoms with Gasteiger partial charge in [0.25, 0.3) is 10.1 Å². The van der Waals surface area contributed by atoms with Crippen LogP contribution in [-0.2, 0) is 24.5 Å². The average molecular weight is 390 g/mol. The zero-order chi connectivity index (χ0) is 18.9. The number of carbonyl (C=O) groups is 2. The molecule has 7 nitrogen and oxygen atoms in total. The molecule has 0 radical (unpaired) electrons. The van der Waals surface area contributed by atoms with Crippen LogP contribution in [0, 0.1) is 0 Å². The third-order valence-electron chi connectivity index (χ3n) is 3.77. The second kappa shape index (κ2) is 9.79. The van der Waals surface area contributed by atoms with Crippen LogP contribution in [0.5, 0.6) is 0 Å². The van der Waals surface area contributed by atoms with E-state index in [2.05, 4.69) is 0 Å². The van der Waals surface area contributed by atoms with Gasteiger partial charge in [-0.15, -0.1) is 0 Å². The van der Waals surface area contributed by atoms with E-state index in [1.54, 1.807) is 6.07 Å². The molecule has 0 aromatic heterocycles. The van der Waals surface area contributed by atoms with Crippen LogP contribution in [-0.4, -0.2) is 46.6 Å². The van der Waals surface area contributed by atoms with Crippen LogP contribution in [0.2, 0.25) is 0 Å². The van der Waals surface area contributed by atoms with Gasteiger partial charge < -0.3 is 10.2 Å². The molecular formula is C16H22O7S2. The summed E-state index contributed by atoms with van der Waals surface area (Å²) < 4.78 is 31.0. The van der Waals surface area contributed by atoms with Crippen LogP contribution in [0.25, 0.3) is 0 Å². The van der Waals surface area contributed by atoms with Crippen molar-refractivity contribution in [1.29, 1.82) is 0 Å². The monoisotopic (exact) mass is 390 g/mol. The second-order valence-corrected chi connectivity index (χ2v) is 8.41. The summed E-state index contributed by atoms with van der Waals surface area (Å²) in [4.78, 5) is 22.1. The van der Waals surface area contributed by atoms with Crippen LogP contribution in [0.3, 0.4) is 0 Å². The predicted molar refractivity (Wildman–Crippen MR) is 95.4 cm³/mol. The van der Waals surface area contributed by atoms with Crippen LogP contribution in [0.15, 0.2) is 30.3 Å². The summed E-state index contributed by atoms with van der Waals surface area (Å²) in [6.07, 6.45) is 1.44. The zero-order valence-electron chi connectivity index (χ0n) is 13.6. The summed E-state index contributed by atoms with van der Waals surface area (Å²) in [5, 5.41) is 18.1.